The second-order valence-electron chi connectivity index (χ2n) is 8.39. The second kappa shape index (κ2) is 9.48. The van der Waals surface area contributed by atoms with Gasteiger partial charge in [-0.25, -0.2) is 9.97 Å². The molecule has 2 aromatic heterocycles. The van der Waals surface area contributed by atoms with Crippen LogP contribution >= 0.6 is 0 Å². The van der Waals surface area contributed by atoms with E-state index in [-0.39, 0.29) is 11.9 Å². The molecule has 2 aliphatic rings. The Morgan fingerprint density at radius 2 is 2.00 bits per heavy atom. The summed E-state index contributed by atoms with van der Waals surface area (Å²) in [5, 5.41) is 3.12. The molecule has 0 saturated carbocycles. The standard InChI is InChI=1S/C24H28N6O3/c1-17-13-22(28-24(27-17)29-10-8-25-16-29)30-9-4-2-3-5-19(30)23(31)26-15-18-6-7-20-21(14-18)33-12-11-32-20/h6-8,10,13-14,16,19H,2-5,9,11-12,15H2,1H3,(H,26,31). The molecule has 9 heteroatoms. The van der Waals surface area contributed by atoms with E-state index in [2.05, 4.69) is 20.2 Å². The van der Waals surface area contributed by atoms with Gasteiger partial charge in [-0.1, -0.05) is 18.9 Å². The number of carbonyl (C=O) groups is 1. The molecule has 33 heavy (non-hydrogen) atoms. The lowest BCUT2D eigenvalue weighted by Gasteiger charge is -2.30. The van der Waals surface area contributed by atoms with E-state index in [9.17, 15) is 4.79 Å². The van der Waals surface area contributed by atoms with Crippen molar-refractivity contribution in [2.75, 3.05) is 24.7 Å². The first-order valence-corrected chi connectivity index (χ1v) is 11.4. The van der Waals surface area contributed by atoms with Gasteiger partial charge in [-0.3, -0.25) is 9.36 Å². The van der Waals surface area contributed by atoms with Gasteiger partial charge in [-0.15, -0.1) is 0 Å². The number of ether oxygens (including phenoxy) is 2. The van der Waals surface area contributed by atoms with Crippen LogP contribution in [0.2, 0.25) is 0 Å². The number of benzene rings is 1. The monoisotopic (exact) mass is 448 g/mol. The Bertz CT molecular complexity index is 1120. The van der Waals surface area contributed by atoms with Crippen molar-refractivity contribution < 1.29 is 14.3 Å². The lowest BCUT2D eigenvalue weighted by atomic mass is 10.1. The molecule has 0 radical (unpaired) electrons. The third-order valence-corrected chi connectivity index (χ3v) is 5.99. The summed E-state index contributed by atoms with van der Waals surface area (Å²) in [6.07, 6.45) is 9.12. The number of aryl methyl sites for hydroxylation is 1. The van der Waals surface area contributed by atoms with Crippen molar-refractivity contribution in [2.24, 2.45) is 0 Å². The zero-order valence-electron chi connectivity index (χ0n) is 18.7. The van der Waals surface area contributed by atoms with Crippen LogP contribution in [0.3, 0.4) is 0 Å². The van der Waals surface area contributed by atoms with Crippen molar-refractivity contribution in [3.8, 4) is 17.4 Å². The Kier molecular flexibility index (Phi) is 6.10. The average Bonchev–Trinajstić information content (AvgIpc) is 3.26. The van der Waals surface area contributed by atoms with E-state index in [1.807, 2.05) is 37.4 Å². The van der Waals surface area contributed by atoms with Gasteiger partial charge in [0.05, 0.1) is 0 Å². The molecule has 4 heterocycles. The highest BCUT2D eigenvalue weighted by molar-refractivity contribution is 5.85. The number of nitrogens with one attached hydrogen (secondary N) is 1. The lowest BCUT2D eigenvalue weighted by molar-refractivity contribution is -0.122. The number of amides is 1. The first kappa shape index (κ1) is 21.2. The molecule has 1 saturated heterocycles. The van der Waals surface area contributed by atoms with Gasteiger partial charge in [-0.2, -0.15) is 4.98 Å². The van der Waals surface area contributed by atoms with Crippen molar-refractivity contribution in [2.45, 2.75) is 45.2 Å². The summed E-state index contributed by atoms with van der Waals surface area (Å²) < 4.78 is 13.0. The smallest absolute Gasteiger partial charge is 0.243 e. The molecule has 3 aromatic rings. The molecule has 172 valence electrons. The Morgan fingerprint density at radius 1 is 1.12 bits per heavy atom. The van der Waals surface area contributed by atoms with Crippen LogP contribution < -0.4 is 19.7 Å². The molecule has 1 atom stereocenters. The molecule has 0 bridgehead atoms. The van der Waals surface area contributed by atoms with Gasteiger partial charge < -0.3 is 19.7 Å². The maximum absolute atomic E-state index is 13.3. The summed E-state index contributed by atoms with van der Waals surface area (Å²) in [5.74, 6) is 2.81. The summed E-state index contributed by atoms with van der Waals surface area (Å²) in [6.45, 7) is 4.26. The highest BCUT2D eigenvalue weighted by atomic mass is 16.6. The molecule has 1 N–H and O–H groups in total. The largest absolute Gasteiger partial charge is 0.486 e. The van der Waals surface area contributed by atoms with Crippen molar-refractivity contribution >= 4 is 11.7 Å². The maximum Gasteiger partial charge on any atom is 0.243 e. The van der Waals surface area contributed by atoms with Crippen LogP contribution in [0.4, 0.5) is 5.82 Å². The molecular formula is C24H28N6O3. The second-order valence-corrected chi connectivity index (χ2v) is 8.39. The number of imidazole rings is 1. The third kappa shape index (κ3) is 4.76. The van der Waals surface area contributed by atoms with Crippen LogP contribution in [-0.2, 0) is 11.3 Å². The Morgan fingerprint density at radius 3 is 2.85 bits per heavy atom. The molecule has 0 spiro atoms. The van der Waals surface area contributed by atoms with Crippen molar-refractivity contribution in [3.63, 3.8) is 0 Å². The zero-order valence-corrected chi connectivity index (χ0v) is 18.7. The number of carbonyl (C=O) groups excluding carboxylic acids is 1. The maximum atomic E-state index is 13.3. The summed E-state index contributed by atoms with van der Waals surface area (Å²) in [6, 6.07) is 7.46. The number of anilines is 1. The molecular weight excluding hydrogens is 420 g/mol. The van der Waals surface area contributed by atoms with E-state index >= 15 is 0 Å². The summed E-state index contributed by atoms with van der Waals surface area (Å²) >= 11 is 0. The number of nitrogens with zero attached hydrogens (tertiary/aromatic N) is 5. The summed E-state index contributed by atoms with van der Waals surface area (Å²) in [4.78, 5) is 28.9. The van der Waals surface area contributed by atoms with Crippen LogP contribution in [0.25, 0.3) is 5.95 Å². The van der Waals surface area contributed by atoms with E-state index in [1.165, 1.54) is 0 Å². The van der Waals surface area contributed by atoms with Crippen LogP contribution in [0.15, 0.2) is 43.0 Å². The first-order valence-electron chi connectivity index (χ1n) is 11.4. The topological polar surface area (TPSA) is 94.4 Å². The number of fused-ring (bicyclic) bond motifs is 1. The van der Waals surface area contributed by atoms with Crippen LogP contribution in [0, 0.1) is 6.92 Å². The fraction of sp³-hybridized carbons (Fsp3) is 0.417. The van der Waals surface area contributed by atoms with Gasteiger partial charge in [0, 0.05) is 37.2 Å². The molecule has 1 aromatic carbocycles. The number of hydrogen-bond donors (Lipinski definition) is 1. The number of rotatable bonds is 5. The molecule has 2 aliphatic heterocycles. The molecule has 1 amide bonds. The number of aromatic nitrogens is 4. The van der Waals surface area contributed by atoms with Crippen LogP contribution in [-0.4, -0.2) is 51.2 Å². The fourth-order valence-electron chi connectivity index (χ4n) is 4.34. The highest BCUT2D eigenvalue weighted by Crippen LogP contribution is 2.31. The summed E-state index contributed by atoms with van der Waals surface area (Å²) in [7, 11) is 0. The molecule has 1 unspecified atom stereocenters. The summed E-state index contributed by atoms with van der Waals surface area (Å²) in [5.41, 5.74) is 1.83. The van der Waals surface area contributed by atoms with Crippen molar-refractivity contribution in [1.82, 2.24) is 24.8 Å². The SMILES string of the molecule is Cc1cc(N2CCCCCC2C(=O)NCc2ccc3c(c2)OCCO3)nc(-n2ccnc2)n1. The predicted molar refractivity (Wildman–Crippen MR) is 123 cm³/mol. The zero-order chi connectivity index (χ0) is 22.6. The Balaban J connectivity index is 1.34. The minimum atomic E-state index is -0.283. The van der Waals surface area contributed by atoms with E-state index < -0.39 is 0 Å². The van der Waals surface area contributed by atoms with Crippen LogP contribution in [0.1, 0.15) is 36.9 Å². The van der Waals surface area contributed by atoms with E-state index in [1.54, 1.807) is 17.1 Å². The third-order valence-electron chi connectivity index (χ3n) is 5.99. The van der Waals surface area contributed by atoms with Gasteiger partial charge in [0.2, 0.25) is 11.9 Å². The molecule has 0 aliphatic carbocycles. The molecule has 5 rings (SSSR count). The minimum Gasteiger partial charge on any atom is -0.486 e. The quantitative estimate of drug-likeness (QED) is 0.641. The first-order chi connectivity index (χ1) is 16.2. The van der Waals surface area contributed by atoms with Gasteiger partial charge >= 0.3 is 0 Å². The fourth-order valence-corrected chi connectivity index (χ4v) is 4.34. The molecule has 1 fully saturated rings. The van der Waals surface area contributed by atoms with E-state index in [0.29, 0.717) is 25.7 Å². The lowest BCUT2D eigenvalue weighted by Crippen LogP contribution is -2.47. The van der Waals surface area contributed by atoms with Gasteiger partial charge in [0.1, 0.15) is 31.4 Å². The predicted octanol–water partition coefficient (Wildman–Crippen LogP) is 2.81. The van der Waals surface area contributed by atoms with Gasteiger partial charge in [0.25, 0.3) is 0 Å². The normalized spacial score (nSPS) is 18.0. The minimum absolute atomic E-state index is 0.00670. The highest BCUT2D eigenvalue weighted by Gasteiger charge is 2.29. The van der Waals surface area contributed by atoms with Crippen LogP contribution in [0.5, 0.6) is 11.5 Å². The average molecular weight is 449 g/mol. The van der Waals surface area contributed by atoms with Gasteiger partial charge in [0.15, 0.2) is 11.5 Å². The number of hydrogen-bond acceptors (Lipinski definition) is 7. The van der Waals surface area contributed by atoms with Gasteiger partial charge in [-0.05, 0) is 37.5 Å². The van der Waals surface area contributed by atoms with Crippen molar-refractivity contribution in [1.29, 1.82) is 0 Å². The van der Waals surface area contributed by atoms with Crippen molar-refractivity contribution in [3.05, 3.63) is 54.2 Å². The Hall–Kier alpha value is -3.62. The van der Waals surface area contributed by atoms with E-state index in [4.69, 9.17) is 14.5 Å². The van der Waals surface area contributed by atoms with E-state index in [0.717, 1.165) is 60.8 Å². The molecule has 9 nitrogen and oxygen atoms in total. The Labute approximate surface area is 192 Å².